The number of hydrogen-bond donors (Lipinski definition) is 1. The molecule has 0 radical (unpaired) electrons. The summed E-state index contributed by atoms with van der Waals surface area (Å²) >= 11 is 0. The van der Waals surface area contributed by atoms with E-state index >= 15 is 0 Å². The van der Waals surface area contributed by atoms with E-state index in [1.807, 2.05) is 26.0 Å². The molecule has 19 heavy (non-hydrogen) atoms. The lowest BCUT2D eigenvalue weighted by molar-refractivity contribution is 0.0696. The molecule has 4 nitrogen and oxygen atoms in total. The largest absolute Gasteiger partial charge is 0.496 e. The number of aromatic carboxylic acids is 1. The Morgan fingerprint density at radius 1 is 1.21 bits per heavy atom. The molecular formula is C15H15NO3. The molecule has 0 fully saturated rings. The Morgan fingerprint density at radius 3 is 2.58 bits per heavy atom. The first-order valence-corrected chi connectivity index (χ1v) is 5.87. The van der Waals surface area contributed by atoms with E-state index < -0.39 is 5.97 Å². The minimum atomic E-state index is -0.988. The molecule has 0 aliphatic rings. The van der Waals surface area contributed by atoms with Gasteiger partial charge in [0.2, 0.25) is 0 Å². The van der Waals surface area contributed by atoms with Gasteiger partial charge in [0.25, 0.3) is 0 Å². The number of benzene rings is 1. The van der Waals surface area contributed by atoms with Gasteiger partial charge in [0, 0.05) is 23.5 Å². The number of ether oxygens (including phenoxy) is 1. The molecule has 0 bridgehead atoms. The van der Waals surface area contributed by atoms with Crippen LogP contribution in [0.4, 0.5) is 0 Å². The van der Waals surface area contributed by atoms with E-state index in [0.29, 0.717) is 0 Å². The van der Waals surface area contributed by atoms with Crippen molar-refractivity contribution >= 4 is 5.97 Å². The first-order valence-electron chi connectivity index (χ1n) is 5.87. The van der Waals surface area contributed by atoms with Crippen molar-refractivity contribution in [3.05, 3.63) is 47.3 Å². The predicted octanol–water partition coefficient (Wildman–Crippen LogP) is 3.07. The Morgan fingerprint density at radius 2 is 1.95 bits per heavy atom. The first kappa shape index (κ1) is 13.1. The molecule has 0 aliphatic heterocycles. The lowest BCUT2D eigenvalue weighted by Crippen LogP contribution is -1.99. The van der Waals surface area contributed by atoms with E-state index in [2.05, 4.69) is 4.98 Å². The summed E-state index contributed by atoms with van der Waals surface area (Å²) in [6.07, 6.45) is 2.98. The minimum absolute atomic E-state index is 0.166. The van der Waals surface area contributed by atoms with Crippen molar-refractivity contribution in [1.29, 1.82) is 0 Å². The third kappa shape index (κ3) is 2.57. The van der Waals surface area contributed by atoms with Gasteiger partial charge in [-0.25, -0.2) is 4.79 Å². The van der Waals surface area contributed by atoms with Gasteiger partial charge < -0.3 is 9.84 Å². The van der Waals surface area contributed by atoms with Gasteiger partial charge in [-0.2, -0.15) is 0 Å². The highest BCUT2D eigenvalue weighted by molar-refractivity contribution is 5.89. The number of hydrogen-bond acceptors (Lipinski definition) is 3. The van der Waals surface area contributed by atoms with Gasteiger partial charge in [0.1, 0.15) is 5.75 Å². The molecule has 4 heteroatoms. The zero-order valence-electron chi connectivity index (χ0n) is 11.1. The number of carboxylic acids is 1. The molecule has 1 N–H and O–H groups in total. The van der Waals surface area contributed by atoms with E-state index in [-0.39, 0.29) is 5.56 Å². The van der Waals surface area contributed by atoms with Gasteiger partial charge in [-0.05, 0) is 37.1 Å². The number of carboxylic acid groups (broad SMARTS) is 1. The van der Waals surface area contributed by atoms with Gasteiger partial charge in [-0.1, -0.05) is 6.07 Å². The molecule has 0 amide bonds. The first-order chi connectivity index (χ1) is 9.02. The number of aromatic nitrogens is 1. The second kappa shape index (κ2) is 5.10. The maximum atomic E-state index is 11.0. The van der Waals surface area contributed by atoms with Crippen molar-refractivity contribution in [2.45, 2.75) is 13.8 Å². The second-order valence-corrected chi connectivity index (χ2v) is 4.43. The average Bonchev–Trinajstić information content (AvgIpc) is 2.37. The van der Waals surface area contributed by atoms with Crippen LogP contribution in [0.25, 0.3) is 11.1 Å². The highest BCUT2D eigenvalue weighted by Gasteiger charge is 2.12. The van der Waals surface area contributed by atoms with Crippen LogP contribution >= 0.6 is 0 Å². The Kier molecular flexibility index (Phi) is 3.51. The molecule has 0 saturated carbocycles. The third-order valence-electron chi connectivity index (χ3n) is 2.94. The van der Waals surface area contributed by atoms with Crippen LogP contribution in [0.15, 0.2) is 30.6 Å². The van der Waals surface area contributed by atoms with Crippen LogP contribution < -0.4 is 4.74 Å². The quantitative estimate of drug-likeness (QED) is 0.918. The maximum absolute atomic E-state index is 11.0. The van der Waals surface area contributed by atoms with Gasteiger partial charge in [0.05, 0.1) is 12.7 Å². The maximum Gasteiger partial charge on any atom is 0.337 e. The Labute approximate surface area is 111 Å². The summed E-state index contributed by atoms with van der Waals surface area (Å²) in [7, 11) is 1.60. The van der Waals surface area contributed by atoms with E-state index in [9.17, 15) is 4.79 Å². The minimum Gasteiger partial charge on any atom is -0.496 e. The highest BCUT2D eigenvalue weighted by Crippen LogP contribution is 2.34. The lowest BCUT2D eigenvalue weighted by atomic mass is 9.98. The van der Waals surface area contributed by atoms with Crippen LogP contribution in [-0.2, 0) is 0 Å². The van der Waals surface area contributed by atoms with E-state index in [1.54, 1.807) is 19.4 Å². The summed E-state index contributed by atoms with van der Waals surface area (Å²) in [6, 6.07) is 5.57. The SMILES string of the molecule is COc1cc(C)cc(C)c1-c1cncc(C(=O)O)c1. The summed E-state index contributed by atoms with van der Waals surface area (Å²) < 4.78 is 5.39. The fraction of sp³-hybridized carbons (Fsp3) is 0.200. The smallest absolute Gasteiger partial charge is 0.337 e. The normalized spacial score (nSPS) is 10.3. The van der Waals surface area contributed by atoms with Gasteiger partial charge in [-0.15, -0.1) is 0 Å². The van der Waals surface area contributed by atoms with Crippen molar-refractivity contribution < 1.29 is 14.6 Å². The zero-order valence-corrected chi connectivity index (χ0v) is 11.1. The molecule has 2 aromatic rings. The molecule has 0 atom stereocenters. The molecule has 98 valence electrons. The molecule has 0 unspecified atom stereocenters. The van der Waals surface area contributed by atoms with Crippen LogP contribution in [0.1, 0.15) is 21.5 Å². The van der Waals surface area contributed by atoms with Gasteiger partial charge >= 0.3 is 5.97 Å². The fourth-order valence-electron chi connectivity index (χ4n) is 2.15. The number of methoxy groups -OCH3 is 1. The van der Waals surface area contributed by atoms with Crippen LogP contribution in [0.3, 0.4) is 0 Å². The predicted molar refractivity (Wildman–Crippen MR) is 72.7 cm³/mol. The molecule has 1 aromatic carbocycles. The van der Waals surface area contributed by atoms with Crippen molar-refractivity contribution in [3.63, 3.8) is 0 Å². The van der Waals surface area contributed by atoms with Crippen molar-refractivity contribution in [2.24, 2.45) is 0 Å². The summed E-state index contributed by atoms with van der Waals surface area (Å²) in [4.78, 5) is 15.0. The van der Waals surface area contributed by atoms with Crippen LogP contribution in [0, 0.1) is 13.8 Å². The van der Waals surface area contributed by atoms with E-state index in [0.717, 1.165) is 28.0 Å². The molecule has 0 aliphatic carbocycles. The summed E-state index contributed by atoms with van der Waals surface area (Å²) in [5, 5.41) is 9.02. The fourth-order valence-corrected chi connectivity index (χ4v) is 2.15. The number of nitrogens with zero attached hydrogens (tertiary/aromatic N) is 1. The van der Waals surface area contributed by atoms with Crippen LogP contribution in [0.2, 0.25) is 0 Å². The van der Waals surface area contributed by atoms with Crippen molar-refractivity contribution in [2.75, 3.05) is 7.11 Å². The Balaban J connectivity index is 2.64. The number of carbonyl (C=O) groups is 1. The molecule has 1 aromatic heterocycles. The zero-order chi connectivity index (χ0) is 14.0. The molecule has 0 saturated heterocycles. The van der Waals surface area contributed by atoms with Crippen molar-refractivity contribution in [3.8, 4) is 16.9 Å². The summed E-state index contributed by atoms with van der Waals surface area (Å²) in [6.45, 7) is 3.96. The monoisotopic (exact) mass is 257 g/mol. The van der Waals surface area contributed by atoms with Crippen LogP contribution in [-0.4, -0.2) is 23.2 Å². The second-order valence-electron chi connectivity index (χ2n) is 4.43. The van der Waals surface area contributed by atoms with Gasteiger partial charge in [0.15, 0.2) is 0 Å². The molecule has 2 rings (SSSR count). The van der Waals surface area contributed by atoms with E-state index in [1.165, 1.54) is 6.20 Å². The Bertz CT molecular complexity index is 635. The number of pyridine rings is 1. The summed E-state index contributed by atoms with van der Waals surface area (Å²) in [5.74, 6) is -0.264. The Hall–Kier alpha value is -2.36. The average molecular weight is 257 g/mol. The van der Waals surface area contributed by atoms with E-state index in [4.69, 9.17) is 9.84 Å². The van der Waals surface area contributed by atoms with Crippen LogP contribution in [0.5, 0.6) is 5.75 Å². The molecular weight excluding hydrogens is 242 g/mol. The topological polar surface area (TPSA) is 59.4 Å². The highest BCUT2D eigenvalue weighted by atomic mass is 16.5. The molecule has 0 spiro atoms. The number of rotatable bonds is 3. The summed E-state index contributed by atoms with van der Waals surface area (Å²) in [5.41, 5.74) is 3.92. The molecule has 1 heterocycles. The van der Waals surface area contributed by atoms with Crippen molar-refractivity contribution in [1.82, 2.24) is 4.98 Å². The standard InChI is InChI=1S/C15H15NO3/c1-9-4-10(2)14(13(5-9)19-3)11-6-12(15(17)18)8-16-7-11/h4-8H,1-3H3,(H,17,18). The third-order valence-corrected chi connectivity index (χ3v) is 2.94. The van der Waals surface area contributed by atoms with Gasteiger partial charge in [-0.3, -0.25) is 4.98 Å². The number of aryl methyl sites for hydroxylation is 2. The lowest BCUT2D eigenvalue weighted by Gasteiger charge is -2.13.